The first-order valence-electron chi connectivity index (χ1n) is 9.32. The number of ether oxygens (including phenoxy) is 1. The molecule has 28 heavy (non-hydrogen) atoms. The van der Waals surface area contributed by atoms with Crippen molar-refractivity contribution in [3.05, 3.63) is 64.7 Å². The van der Waals surface area contributed by atoms with E-state index in [0.717, 1.165) is 6.42 Å². The summed E-state index contributed by atoms with van der Waals surface area (Å²) in [4.78, 5) is 12.0. The zero-order valence-corrected chi connectivity index (χ0v) is 18.3. The smallest absolute Gasteiger partial charge is 0.339 e. The molecule has 0 aliphatic rings. The third-order valence-electron chi connectivity index (χ3n) is 4.47. The third kappa shape index (κ3) is 6.21. The number of carbonyl (C=O) groups is 1. The Morgan fingerprint density at radius 3 is 2.54 bits per heavy atom. The van der Waals surface area contributed by atoms with Crippen LogP contribution in [0.1, 0.15) is 50.0 Å². The van der Waals surface area contributed by atoms with Crippen LogP contribution in [0.15, 0.2) is 48.5 Å². The number of hydrogen-bond donors (Lipinski definition) is 2. The Morgan fingerprint density at radius 2 is 1.89 bits per heavy atom. The highest BCUT2D eigenvalue weighted by Crippen LogP contribution is 2.28. The van der Waals surface area contributed by atoms with Gasteiger partial charge in [0, 0.05) is 11.7 Å². The van der Waals surface area contributed by atoms with Crippen molar-refractivity contribution in [1.29, 1.82) is 0 Å². The van der Waals surface area contributed by atoms with E-state index in [1.165, 1.54) is 5.56 Å². The topological polar surface area (TPSA) is 50.4 Å². The molecule has 2 rings (SSSR count). The van der Waals surface area contributed by atoms with Gasteiger partial charge in [0.2, 0.25) is 0 Å². The Hall–Kier alpha value is -2.11. The minimum absolute atomic E-state index is 0.0145. The molecule has 0 saturated carbocycles. The third-order valence-corrected chi connectivity index (χ3v) is 5.02. The van der Waals surface area contributed by atoms with Crippen molar-refractivity contribution in [2.24, 2.45) is 0 Å². The van der Waals surface area contributed by atoms with Crippen LogP contribution in [0.4, 0.5) is 5.69 Å². The van der Waals surface area contributed by atoms with Crippen LogP contribution in [-0.4, -0.2) is 23.7 Å². The average molecular weight is 419 g/mol. The molecule has 6 heteroatoms. The molecular weight excluding hydrogens is 392 g/mol. The standard InChI is InChI=1S/C22H27ClN2O2S/c1-5-27-20(26)18-13-17(11-12-19(18)23)25-21(28)24-15(2)14-22(3,4)16-9-7-6-8-10-16/h6-13,15H,5,14H2,1-4H3,(H2,24,25,28)/t15-/m1/s1. The Balaban J connectivity index is 1.98. The maximum absolute atomic E-state index is 12.0. The number of hydrogen-bond acceptors (Lipinski definition) is 3. The molecule has 0 unspecified atom stereocenters. The van der Waals surface area contributed by atoms with E-state index in [4.69, 9.17) is 28.6 Å². The minimum atomic E-state index is -0.451. The lowest BCUT2D eigenvalue weighted by Crippen LogP contribution is -2.39. The summed E-state index contributed by atoms with van der Waals surface area (Å²) >= 11 is 11.5. The zero-order valence-electron chi connectivity index (χ0n) is 16.7. The molecule has 0 fully saturated rings. The first-order chi connectivity index (χ1) is 13.2. The van der Waals surface area contributed by atoms with Crippen LogP contribution in [0.2, 0.25) is 5.02 Å². The van der Waals surface area contributed by atoms with E-state index in [-0.39, 0.29) is 11.5 Å². The van der Waals surface area contributed by atoms with Crippen molar-refractivity contribution < 1.29 is 9.53 Å². The predicted molar refractivity (Wildman–Crippen MR) is 120 cm³/mol. The fraction of sp³-hybridized carbons (Fsp3) is 0.364. The van der Waals surface area contributed by atoms with Crippen LogP contribution in [0.3, 0.4) is 0 Å². The summed E-state index contributed by atoms with van der Waals surface area (Å²) in [6, 6.07) is 15.7. The Kier molecular flexibility index (Phi) is 7.84. The van der Waals surface area contributed by atoms with E-state index in [0.29, 0.717) is 28.0 Å². The molecule has 150 valence electrons. The molecule has 0 aromatic heterocycles. The summed E-state index contributed by atoms with van der Waals surface area (Å²) in [5, 5.41) is 7.27. The lowest BCUT2D eigenvalue weighted by molar-refractivity contribution is 0.0526. The second-order valence-corrected chi connectivity index (χ2v) is 8.18. The average Bonchev–Trinajstić information content (AvgIpc) is 2.63. The summed E-state index contributed by atoms with van der Waals surface area (Å²) in [6.07, 6.45) is 0.910. The number of esters is 1. The Bertz CT molecular complexity index is 825. The van der Waals surface area contributed by atoms with Gasteiger partial charge < -0.3 is 15.4 Å². The van der Waals surface area contributed by atoms with Crippen molar-refractivity contribution in [2.75, 3.05) is 11.9 Å². The van der Waals surface area contributed by atoms with Crippen molar-refractivity contribution in [3.8, 4) is 0 Å². The zero-order chi connectivity index (χ0) is 20.7. The number of rotatable bonds is 7. The lowest BCUT2D eigenvalue weighted by atomic mass is 9.79. The number of halogens is 1. The van der Waals surface area contributed by atoms with E-state index in [9.17, 15) is 4.79 Å². The van der Waals surface area contributed by atoms with Crippen LogP contribution in [-0.2, 0) is 10.2 Å². The van der Waals surface area contributed by atoms with Gasteiger partial charge in [0.1, 0.15) is 0 Å². The van der Waals surface area contributed by atoms with Crippen molar-refractivity contribution >= 4 is 40.6 Å². The molecule has 1 atom stereocenters. The molecule has 0 amide bonds. The molecular formula is C22H27ClN2O2S. The highest BCUT2D eigenvalue weighted by Gasteiger charge is 2.23. The van der Waals surface area contributed by atoms with Crippen LogP contribution < -0.4 is 10.6 Å². The minimum Gasteiger partial charge on any atom is -0.462 e. The normalized spacial score (nSPS) is 12.2. The van der Waals surface area contributed by atoms with Crippen molar-refractivity contribution in [2.45, 2.75) is 45.6 Å². The van der Waals surface area contributed by atoms with E-state index in [1.54, 1.807) is 25.1 Å². The van der Waals surface area contributed by atoms with Crippen LogP contribution in [0, 0.1) is 0 Å². The molecule has 2 aromatic rings. The van der Waals surface area contributed by atoms with Gasteiger partial charge in [-0.15, -0.1) is 0 Å². The molecule has 2 aromatic carbocycles. The molecule has 0 radical (unpaired) electrons. The number of benzene rings is 2. The molecule has 4 nitrogen and oxygen atoms in total. The summed E-state index contributed by atoms with van der Waals surface area (Å²) in [7, 11) is 0. The SMILES string of the molecule is CCOC(=O)c1cc(NC(=S)N[C@H](C)CC(C)(C)c2ccccc2)ccc1Cl. The van der Waals surface area contributed by atoms with Crippen LogP contribution in [0.5, 0.6) is 0 Å². The van der Waals surface area contributed by atoms with Crippen LogP contribution >= 0.6 is 23.8 Å². The van der Waals surface area contributed by atoms with Gasteiger partial charge in [0.15, 0.2) is 5.11 Å². The van der Waals surface area contributed by atoms with Gasteiger partial charge in [-0.1, -0.05) is 55.8 Å². The largest absolute Gasteiger partial charge is 0.462 e. The van der Waals surface area contributed by atoms with Crippen LogP contribution in [0.25, 0.3) is 0 Å². The molecule has 0 saturated heterocycles. The molecule has 0 bridgehead atoms. The fourth-order valence-electron chi connectivity index (χ4n) is 3.18. The fourth-order valence-corrected chi connectivity index (χ4v) is 3.70. The van der Waals surface area contributed by atoms with Crippen molar-refractivity contribution in [1.82, 2.24) is 5.32 Å². The second kappa shape index (κ2) is 9.89. The molecule has 0 aliphatic carbocycles. The Morgan fingerprint density at radius 1 is 1.21 bits per heavy atom. The van der Waals surface area contributed by atoms with Gasteiger partial charge in [0.05, 0.1) is 17.2 Å². The number of anilines is 1. The molecule has 0 spiro atoms. The highest BCUT2D eigenvalue weighted by molar-refractivity contribution is 7.80. The van der Waals surface area contributed by atoms with Gasteiger partial charge >= 0.3 is 5.97 Å². The van der Waals surface area contributed by atoms with Gasteiger partial charge in [-0.2, -0.15) is 0 Å². The first kappa shape index (κ1) is 22.2. The summed E-state index contributed by atoms with van der Waals surface area (Å²) < 4.78 is 5.03. The number of nitrogens with one attached hydrogen (secondary N) is 2. The molecule has 0 aliphatic heterocycles. The van der Waals surface area contributed by atoms with Crippen molar-refractivity contribution in [3.63, 3.8) is 0 Å². The van der Waals surface area contributed by atoms with Gasteiger partial charge in [-0.25, -0.2) is 4.79 Å². The van der Waals surface area contributed by atoms with E-state index in [1.807, 2.05) is 6.07 Å². The van der Waals surface area contributed by atoms with Gasteiger partial charge in [0.25, 0.3) is 0 Å². The lowest BCUT2D eigenvalue weighted by Gasteiger charge is -2.29. The predicted octanol–water partition coefficient (Wildman–Crippen LogP) is 5.56. The van der Waals surface area contributed by atoms with Gasteiger partial charge in [-0.3, -0.25) is 0 Å². The second-order valence-electron chi connectivity index (χ2n) is 7.37. The Labute approximate surface area is 177 Å². The monoisotopic (exact) mass is 418 g/mol. The maximum Gasteiger partial charge on any atom is 0.339 e. The molecule has 2 N–H and O–H groups in total. The summed E-state index contributed by atoms with van der Waals surface area (Å²) in [6.45, 7) is 8.60. The summed E-state index contributed by atoms with van der Waals surface area (Å²) in [5.41, 5.74) is 2.30. The number of carbonyl (C=O) groups excluding carboxylic acids is 1. The van der Waals surface area contributed by atoms with Gasteiger partial charge in [-0.05, 0) is 61.7 Å². The number of thiocarbonyl (C=S) groups is 1. The molecule has 0 heterocycles. The van der Waals surface area contributed by atoms with E-state index >= 15 is 0 Å². The first-order valence-corrected chi connectivity index (χ1v) is 10.1. The highest BCUT2D eigenvalue weighted by atomic mass is 35.5. The summed E-state index contributed by atoms with van der Waals surface area (Å²) in [5.74, 6) is -0.451. The van der Waals surface area contributed by atoms with E-state index in [2.05, 4.69) is 55.7 Å². The van der Waals surface area contributed by atoms with E-state index < -0.39 is 5.97 Å². The quantitative estimate of drug-likeness (QED) is 0.455. The maximum atomic E-state index is 12.0.